The molecular formula is C13H14N2O4S. The van der Waals surface area contributed by atoms with Crippen LogP contribution < -0.4 is 5.73 Å². The van der Waals surface area contributed by atoms with Crippen molar-refractivity contribution in [2.75, 3.05) is 6.61 Å². The number of thiazole rings is 1. The first-order chi connectivity index (χ1) is 9.56. The summed E-state index contributed by atoms with van der Waals surface area (Å²) >= 11 is 1.51. The minimum atomic E-state index is -0.950. The van der Waals surface area contributed by atoms with E-state index in [2.05, 4.69) is 4.98 Å². The molecular weight excluding hydrogens is 280 g/mol. The summed E-state index contributed by atoms with van der Waals surface area (Å²) in [4.78, 5) is 26.4. The van der Waals surface area contributed by atoms with Crippen LogP contribution in [0.25, 0.3) is 10.2 Å². The van der Waals surface area contributed by atoms with Gasteiger partial charge in [0.2, 0.25) is 0 Å². The lowest BCUT2D eigenvalue weighted by atomic mass is 10.3. The van der Waals surface area contributed by atoms with E-state index in [0.717, 1.165) is 15.2 Å². The molecule has 0 fully saturated rings. The molecule has 0 radical (unpaired) electrons. The Bertz CT molecular complexity index is 593. The number of para-hydroxylation sites is 1. The van der Waals surface area contributed by atoms with Crippen LogP contribution in [0.1, 0.15) is 11.9 Å². The Labute approximate surface area is 119 Å². The van der Waals surface area contributed by atoms with E-state index < -0.39 is 18.0 Å². The van der Waals surface area contributed by atoms with Crippen LogP contribution in [0.15, 0.2) is 24.3 Å². The third-order valence-electron chi connectivity index (χ3n) is 2.49. The van der Waals surface area contributed by atoms with Gasteiger partial charge in [-0.25, -0.2) is 9.78 Å². The predicted molar refractivity (Wildman–Crippen MR) is 74.0 cm³/mol. The zero-order valence-electron chi connectivity index (χ0n) is 10.9. The van der Waals surface area contributed by atoms with Crippen LogP contribution in [0.2, 0.25) is 0 Å². The Kier molecular flexibility index (Phi) is 4.65. The van der Waals surface area contributed by atoms with Crippen molar-refractivity contribution in [1.82, 2.24) is 4.98 Å². The Morgan fingerprint density at radius 2 is 2.15 bits per heavy atom. The van der Waals surface area contributed by atoms with Crippen molar-refractivity contribution in [1.29, 1.82) is 0 Å². The summed E-state index contributed by atoms with van der Waals surface area (Å²) < 4.78 is 11.0. The SMILES string of the molecule is C[C@@H](OC(=O)COCc1nc2ccccc2s1)C(N)=O. The fourth-order valence-electron chi connectivity index (χ4n) is 1.49. The summed E-state index contributed by atoms with van der Waals surface area (Å²) in [6.45, 7) is 1.39. The van der Waals surface area contributed by atoms with Gasteiger partial charge in [0, 0.05) is 0 Å². The first kappa shape index (κ1) is 14.4. The standard InChI is InChI=1S/C13H14N2O4S/c1-8(13(14)17)19-12(16)7-18-6-11-15-9-4-2-3-5-10(9)20-11/h2-5,8H,6-7H2,1H3,(H2,14,17)/t8-/m1/s1. The van der Waals surface area contributed by atoms with E-state index in [4.69, 9.17) is 15.2 Å². The van der Waals surface area contributed by atoms with E-state index in [0.29, 0.717) is 0 Å². The van der Waals surface area contributed by atoms with Crippen LogP contribution in [-0.4, -0.2) is 29.6 Å². The molecule has 0 saturated carbocycles. The molecule has 0 aliphatic heterocycles. The van der Waals surface area contributed by atoms with E-state index >= 15 is 0 Å². The summed E-state index contributed by atoms with van der Waals surface area (Å²) in [7, 11) is 0. The lowest BCUT2D eigenvalue weighted by molar-refractivity contribution is -0.158. The van der Waals surface area contributed by atoms with Gasteiger partial charge < -0.3 is 15.2 Å². The number of hydrogen-bond donors (Lipinski definition) is 1. The summed E-state index contributed by atoms with van der Waals surface area (Å²) in [5, 5.41) is 0.780. The minimum absolute atomic E-state index is 0.222. The second kappa shape index (κ2) is 6.44. The van der Waals surface area contributed by atoms with Gasteiger partial charge >= 0.3 is 5.97 Å². The number of nitrogens with zero attached hydrogens (tertiary/aromatic N) is 1. The zero-order chi connectivity index (χ0) is 14.5. The molecule has 2 aromatic rings. The summed E-state index contributed by atoms with van der Waals surface area (Å²) in [5.41, 5.74) is 5.89. The van der Waals surface area contributed by atoms with E-state index in [1.807, 2.05) is 24.3 Å². The van der Waals surface area contributed by atoms with Crippen LogP contribution >= 0.6 is 11.3 Å². The maximum Gasteiger partial charge on any atom is 0.332 e. The van der Waals surface area contributed by atoms with Gasteiger partial charge in [-0.1, -0.05) is 12.1 Å². The number of hydrogen-bond acceptors (Lipinski definition) is 6. The summed E-state index contributed by atoms with van der Waals surface area (Å²) in [6.07, 6.45) is -0.950. The summed E-state index contributed by atoms with van der Waals surface area (Å²) in [6, 6.07) is 7.74. The third kappa shape index (κ3) is 3.75. The Morgan fingerprint density at radius 1 is 1.40 bits per heavy atom. The van der Waals surface area contributed by atoms with Crippen molar-refractivity contribution in [3.05, 3.63) is 29.3 Å². The molecule has 2 rings (SSSR count). The maximum atomic E-state index is 11.3. The average molecular weight is 294 g/mol. The Hall–Kier alpha value is -1.99. The molecule has 1 aromatic carbocycles. The van der Waals surface area contributed by atoms with Crippen molar-refractivity contribution in [2.45, 2.75) is 19.6 Å². The number of carbonyl (C=O) groups excluding carboxylic acids is 2. The highest BCUT2D eigenvalue weighted by Gasteiger charge is 2.14. The number of esters is 1. The molecule has 1 heterocycles. The molecule has 6 nitrogen and oxygen atoms in total. The van der Waals surface area contributed by atoms with Crippen LogP contribution in [0.5, 0.6) is 0 Å². The fraction of sp³-hybridized carbons (Fsp3) is 0.308. The smallest absolute Gasteiger partial charge is 0.332 e. The molecule has 2 N–H and O–H groups in total. The van der Waals surface area contributed by atoms with Crippen LogP contribution in [0.3, 0.4) is 0 Å². The number of ether oxygens (including phenoxy) is 2. The van der Waals surface area contributed by atoms with Crippen LogP contribution in [0.4, 0.5) is 0 Å². The van der Waals surface area contributed by atoms with Gasteiger partial charge in [-0.3, -0.25) is 4.79 Å². The normalized spacial score (nSPS) is 12.2. The highest BCUT2D eigenvalue weighted by atomic mass is 32.1. The van der Waals surface area contributed by atoms with Crippen LogP contribution in [0, 0.1) is 0 Å². The van der Waals surface area contributed by atoms with E-state index in [-0.39, 0.29) is 13.2 Å². The summed E-state index contributed by atoms with van der Waals surface area (Å²) in [5.74, 6) is -1.32. The molecule has 0 aliphatic rings. The maximum absolute atomic E-state index is 11.3. The number of nitrogens with two attached hydrogens (primary N) is 1. The zero-order valence-corrected chi connectivity index (χ0v) is 11.7. The number of aromatic nitrogens is 1. The van der Waals surface area contributed by atoms with Gasteiger partial charge in [0.1, 0.15) is 11.6 Å². The van der Waals surface area contributed by atoms with Crippen molar-refractivity contribution in [3.63, 3.8) is 0 Å². The second-order valence-electron chi connectivity index (χ2n) is 4.10. The molecule has 106 valence electrons. The quantitative estimate of drug-likeness (QED) is 0.809. The Balaban J connectivity index is 1.81. The van der Waals surface area contributed by atoms with Crippen molar-refractivity contribution >= 4 is 33.4 Å². The van der Waals surface area contributed by atoms with Gasteiger partial charge in [-0.2, -0.15) is 0 Å². The largest absolute Gasteiger partial charge is 0.451 e. The Morgan fingerprint density at radius 3 is 2.85 bits per heavy atom. The molecule has 0 saturated heterocycles. The fourth-order valence-corrected chi connectivity index (χ4v) is 2.40. The van der Waals surface area contributed by atoms with E-state index in [1.54, 1.807) is 0 Å². The number of amides is 1. The lowest BCUT2D eigenvalue weighted by Gasteiger charge is -2.09. The minimum Gasteiger partial charge on any atom is -0.451 e. The number of rotatable bonds is 6. The van der Waals surface area contributed by atoms with Crippen molar-refractivity contribution in [2.24, 2.45) is 5.73 Å². The van der Waals surface area contributed by atoms with Gasteiger partial charge in [-0.15, -0.1) is 11.3 Å². The number of fused-ring (bicyclic) bond motifs is 1. The highest BCUT2D eigenvalue weighted by molar-refractivity contribution is 7.18. The molecule has 0 unspecified atom stereocenters. The second-order valence-corrected chi connectivity index (χ2v) is 5.22. The van der Waals surface area contributed by atoms with E-state index in [1.165, 1.54) is 18.3 Å². The molecule has 0 spiro atoms. The highest BCUT2D eigenvalue weighted by Crippen LogP contribution is 2.21. The molecule has 0 aliphatic carbocycles. The molecule has 1 amide bonds. The first-order valence-electron chi connectivity index (χ1n) is 5.97. The molecule has 20 heavy (non-hydrogen) atoms. The molecule has 1 aromatic heterocycles. The van der Waals surface area contributed by atoms with Gasteiger partial charge in [-0.05, 0) is 19.1 Å². The number of carbonyl (C=O) groups is 2. The third-order valence-corrected chi connectivity index (χ3v) is 3.50. The number of primary amides is 1. The monoisotopic (exact) mass is 294 g/mol. The lowest BCUT2D eigenvalue weighted by Crippen LogP contribution is -2.31. The average Bonchev–Trinajstić information content (AvgIpc) is 2.81. The molecule has 0 bridgehead atoms. The first-order valence-corrected chi connectivity index (χ1v) is 6.79. The van der Waals surface area contributed by atoms with Crippen molar-refractivity contribution < 1.29 is 19.1 Å². The molecule has 1 atom stereocenters. The topological polar surface area (TPSA) is 91.5 Å². The van der Waals surface area contributed by atoms with Crippen LogP contribution in [-0.2, 0) is 25.7 Å². The van der Waals surface area contributed by atoms with Crippen molar-refractivity contribution in [3.8, 4) is 0 Å². The predicted octanol–water partition coefficient (Wildman–Crippen LogP) is 1.23. The van der Waals surface area contributed by atoms with Gasteiger partial charge in [0.15, 0.2) is 6.10 Å². The molecule has 7 heteroatoms. The van der Waals surface area contributed by atoms with Gasteiger partial charge in [0.05, 0.1) is 16.8 Å². The number of benzene rings is 1. The van der Waals surface area contributed by atoms with Gasteiger partial charge in [0.25, 0.3) is 5.91 Å². The van der Waals surface area contributed by atoms with E-state index in [9.17, 15) is 9.59 Å².